The number of nitrogens with zero attached hydrogens (tertiary/aromatic N) is 4. The van der Waals surface area contributed by atoms with E-state index >= 15 is 0 Å². The van der Waals surface area contributed by atoms with Gasteiger partial charge in [0.2, 0.25) is 5.91 Å². The Labute approximate surface area is 158 Å². The maximum atomic E-state index is 12.4. The van der Waals surface area contributed by atoms with Crippen LogP contribution in [0.2, 0.25) is 5.02 Å². The Kier molecular flexibility index (Phi) is 6.77. The molecule has 2 aromatic rings. The highest BCUT2D eigenvalue weighted by atomic mass is 35.5. The average molecular weight is 374 g/mol. The van der Waals surface area contributed by atoms with E-state index in [4.69, 9.17) is 11.6 Å². The fourth-order valence-corrected chi connectivity index (χ4v) is 3.43. The van der Waals surface area contributed by atoms with E-state index in [0.29, 0.717) is 24.5 Å². The van der Waals surface area contributed by atoms with E-state index < -0.39 is 0 Å². The summed E-state index contributed by atoms with van der Waals surface area (Å²) in [5.74, 6) is 0.0408. The van der Waals surface area contributed by atoms with Gasteiger partial charge in [0.15, 0.2) is 0 Å². The SMILES string of the molecule is O=C(CC(Cn1cnnn1)c1ccc(Cl)cc1)NCCC1=CCCCC1. The summed E-state index contributed by atoms with van der Waals surface area (Å²) in [5.41, 5.74) is 2.52. The first-order valence-corrected chi connectivity index (χ1v) is 9.49. The summed E-state index contributed by atoms with van der Waals surface area (Å²) in [6, 6.07) is 7.60. The molecule has 1 amide bonds. The molecule has 26 heavy (non-hydrogen) atoms. The minimum Gasteiger partial charge on any atom is -0.356 e. The van der Waals surface area contributed by atoms with Crippen LogP contribution in [0.15, 0.2) is 42.2 Å². The summed E-state index contributed by atoms with van der Waals surface area (Å²) in [7, 11) is 0. The molecule has 138 valence electrons. The number of carbonyl (C=O) groups excluding carboxylic acids is 1. The molecule has 1 unspecified atom stereocenters. The van der Waals surface area contributed by atoms with Crippen LogP contribution in [0.5, 0.6) is 0 Å². The molecule has 7 heteroatoms. The largest absolute Gasteiger partial charge is 0.356 e. The summed E-state index contributed by atoms with van der Waals surface area (Å²) in [5, 5.41) is 15.0. The van der Waals surface area contributed by atoms with Crippen molar-refractivity contribution in [1.82, 2.24) is 25.5 Å². The first kappa shape index (κ1) is 18.6. The van der Waals surface area contributed by atoms with Crippen LogP contribution in [0.3, 0.4) is 0 Å². The van der Waals surface area contributed by atoms with E-state index in [1.54, 1.807) is 11.0 Å². The van der Waals surface area contributed by atoms with Gasteiger partial charge in [-0.3, -0.25) is 4.79 Å². The molecule has 1 N–H and O–H groups in total. The molecule has 0 spiro atoms. The molecule has 0 fully saturated rings. The normalized spacial score (nSPS) is 15.3. The minimum atomic E-state index is -0.00957. The van der Waals surface area contributed by atoms with Crippen molar-refractivity contribution in [3.63, 3.8) is 0 Å². The number of halogens is 1. The van der Waals surface area contributed by atoms with Crippen molar-refractivity contribution in [2.75, 3.05) is 6.54 Å². The van der Waals surface area contributed by atoms with Crippen molar-refractivity contribution in [1.29, 1.82) is 0 Å². The quantitative estimate of drug-likeness (QED) is 0.718. The Morgan fingerprint density at radius 3 is 2.81 bits per heavy atom. The Morgan fingerprint density at radius 2 is 2.12 bits per heavy atom. The highest BCUT2D eigenvalue weighted by Gasteiger charge is 2.18. The molecular formula is C19H24ClN5O. The molecule has 0 radical (unpaired) electrons. The van der Waals surface area contributed by atoms with Crippen LogP contribution in [0, 0.1) is 0 Å². The topological polar surface area (TPSA) is 72.7 Å². The number of nitrogens with one attached hydrogen (secondary N) is 1. The molecule has 0 bridgehead atoms. The molecule has 1 aromatic carbocycles. The van der Waals surface area contributed by atoms with Gasteiger partial charge in [-0.2, -0.15) is 0 Å². The third-order valence-electron chi connectivity index (χ3n) is 4.73. The molecule has 1 atom stereocenters. The van der Waals surface area contributed by atoms with Crippen LogP contribution in [-0.2, 0) is 11.3 Å². The first-order chi connectivity index (χ1) is 12.7. The van der Waals surface area contributed by atoms with Crippen molar-refractivity contribution < 1.29 is 4.79 Å². The van der Waals surface area contributed by atoms with Gasteiger partial charge in [0.1, 0.15) is 6.33 Å². The fraction of sp³-hybridized carbons (Fsp3) is 0.474. The van der Waals surface area contributed by atoms with E-state index in [1.165, 1.54) is 31.3 Å². The van der Waals surface area contributed by atoms with Crippen LogP contribution in [0.4, 0.5) is 0 Å². The van der Waals surface area contributed by atoms with Crippen LogP contribution < -0.4 is 5.32 Å². The predicted molar refractivity (Wildman–Crippen MR) is 101 cm³/mol. The predicted octanol–water partition coefficient (Wildman–Crippen LogP) is 3.51. The van der Waals surface area contributed by atoms with Gasteiger partial charge in [-0.15, -0.1) is 5.10 Å². The van der Waals surface area contributed by atoms with E-state index in [1.807, 2.05) is 24.3 Å². The van der Waals surface area contributed by atoms with Gasteiger partial charge in [-0.25, -0.2) is 4.68 Å². The Balaban J connectivity index is 1.56. The Hall–Kier alpha value is -2.21. The van der Waals surface area contributed by atoms with E-state index in [0.717, 1.165) is 12.0 Å². The molecular weight excluding hydrogens is 350 g/mol. The highest BCUT2D eigenvalue weighted by molar-refractivity contribution is 6.30. The minimum absolute atomic E-state index is 0.00957. The van der Waals surface area contributed by atoms with Crippen LogP contribution in [0.25, 0.3) is 0 Å². The summed E-state index contributed by atoms with van der Waals surface area (Å²) in [6.07, 6.45) is 10.1. The molecule has 0 saturated carbocycles. The zero-order valence-corrected chi connectivity index (χ0v) is 15.5. The monoisotopic (exact) mass is 373 g/mol. The molecule has 0 saturated heterocycles. The molecule has 6 nitrogen and oxygen atoms in total. The summed E-state index contributed by atoms with van der Waals surface area (Å²) < 4.78 is 1.65. The lowest BCUT2D eigenvalue weighted by Crippen LogP contribution is -2.27. The lowest BCUT2D eigenvalue weighted by molar-refractivity contribution is -0.121. The smallest absolute Gasteiger partial charge is 0.220 e. The second-order valence-electron chi connectivity index (χ2n) is 6.69. The van der Waals surface area contributed by atoms with Crippen LogP contribution >= 0.6 is 11.6 Å². The molecule has 1 aliphatic carbocycles. The highest BCUT2D eigenvalue weighted by Crippen LogP contribution is 2.24. The zero-order valence-electron chi connectivity index (χ0n) is 14.8. The number of hydrogen-bond acceptors (Lipinski definition) is 4. The van der Waals surface area contributed by atoms with Gasteiger partial charge in [-0.1, -0.05) is 35.4 Å². The average Bonchev–Trinajstić information content (AvgIpc) is 3.16. The number of rotatable bonds is 8. The van der Waals surface area contributed by atoms with Crippen LogP contribution in [-0.4, -0.2) is 32.7 Å². The number of allylic oxidation sites excluding steroid dienone is 1. The molecule has 1 heterocycles. The number of amides is 1. The summed E-state index contributed by atoms with van der Waals surface area (Å²) >= 11 is 5.99. The first-order valence-electron chi connectivity index (χ1n) is 9.11. The van der Waals surface area contributed by atoms with E-state index in [-0.39, 0.29) is 11.8 Å². The Morgan fingerprint density at radius 1 is 1.27 bits per heavy atom. The number of aromatic nitrogens is 4. The lowest BCUT2D eigenvalue weighted by atomic mass is 9.95. The number of hydrogen-bond donors (Lipinski definition) is 1. The third-order valence-corrected chi connectivity index (χ3v) is 4.98. The number of carbonyl (C=O) groups is 1. The van der Waals surface area contributed by atoms with Crippen molar-refractivity contribution >= 4 is 17.5 Å². The van der Waals surface area contributed by atoms with Crippen molar-refractivity contribution in [3.05, 3.63) is 52.8 Å². The Bertz CT molecular complexity index is 727. The van der Waals surface area contributed by atoms with Gasteiger partial charge in [0.05, 0.1) is 6.54 Å². The second kappa shape index (κ2) is 9.48. The van der Waals surface area contributed by atoms with Gasteiger partial charge < -0.3 is 5.32 Å². The van der Waals surface area contributed by atoms with Gasteiger partial charge in [0.25, 0.3) is 0 Å². The van der Waals surface area contributed by atoms with Crippen LogP contribution in [0.1, 0.15) is 50.0 Å². The van der Waals surface area contributed by atoms with Gasteiger partial charge >= 0.3 is 0 Å². The molecule has 3 rings (SSSR count). The van der Waals surface area contributed by atoms with Crippen molar-refractivity contribution in [2.24, 2.45) is 0 Å². The maximum absolute atomic E-state index is 12.4. The summed E-state index contributed by atoms with van der Waals surface area (Å²) in [6.45, 7) is 1.25. The number of tetrazole rings is 1. The molecule has 1 aromatic heterocycles. The zero-order chi connectivity index (χ0) is 18.2. The lowest BCUT2D eigenvalue weighted by Gasteiger charge is -2.17. The molecule has 0 aliphatic heterocycles. The van der Waals surface area contributed by atoms with Gasteiger partial charge in [-0.05, 0) is 60.2 Å². The van der Waals surface area contributed by atoms with Gasteiger partial charge in [0, 0.05) is 23.9 Å². The maximum Gasteiger partial charge on any atom is 0.220 e. The van der Waals surface area contributed by atoms with E-state index in [9.17, 15) is 4.79 Å². The fourth-order valence-electron chi connectivity index (χ4n) is 3.30. The van der Waals surface area contributed by atoms with Crippen molar-refractivity contribution in [3.8, 4) is 0 Å². The van der Waals surface area contributed by atoms with Crippen molar-refractivity contribution in [2.45, 2.75) is 51.0 Å². The standard InChI is InChI=1S/C19H24ClN5O/c20-18-8-6-16(7-9-18)17(13-25-14-22-23-24-25)12-19(26)21-11-10-15-4-2-1-3-5-15/h4,6-9,14,17H,1-3,5,10-13H2,(H,21,26). The summed E-state index contributed by atoms with van der Waals surface area (Å²) in [4.78, 5) is 12.4. The third kappa shape index (κ3) is 5.66. The number of benzene rings is 1. The van der Waals surface area contributed by atoms with E-state index in [2.05, 4.69) is 26.9 Å². The molecule has 1 aliphatic rings. The second-order valence-corrected chi connectivity index (χ2v) is 7.13.